The molecule has 0 bridgehead atoms. The summed E-state index contributed by atoms with van der Waals surface area (Å²) < 4.78 is 19.8. The molecule has 0 aromatic heterocycles. The zero-order chi connectivity index (χ0) is 20.9. The molecule has 2 heterocycles. The maximum absolute atomic E-state index is 14.4. The standard InChI is InChI=1S/C23H23FN2O3S/c1-29-17-9-10-20-18(13-17)23(26(11-12-30-23)21(27)15-6-4-7-15)22(28)25(20)14-16-5-2-3-8-19(16)24/h2-3,5,8-10,13,15H,4,6-7,11-12,14H2,1H3/t23-/m0/s1. The summed E-state index contributed by atoms with van der Waals surface area (Å²) >= 11 is 1.49. The van der Waals surface area contributed by atoms with E-state index >= 15 is 0 Å². The van der Waals surface area contributed by atoms with Crippen LogP contribution in [0.5, 0.6) is 5.75 Å². The van der Waals surface area contributed by atoms with E-state index < -0.39 is 4.87 Å². The van der Waals surface area contributed by atoms with Crippen molar-refractivity contribution in [1.82, 2.24) is 4.90 Å². The molecular formula is C23H23FN2O3S. The fourth-order valence-corrected chi connectivity index (χ4v) is 6.03. The van der Waals surface area contributed by atoms with Crippen LogP contribution in [0.1, 0.15) is 30.4 Å². The van der Waals surface area contributed by atoms with Crippen LogP contribution < -0.4 is 9.64 Å². The van der Waals surface area contributed by atoms with Crippen molar-refractivity contribution in [3.8, 4) is 5.75 Å². The van der Waals surface area contributed by atoms with Gasteiger partial charge in [0.15, 0.2) is 4.87 Å². The van der Waals surface area contributed by atoms with Crippen molar-refractivity contribution >= 4 is 29.3 Å². The van der Waals surface area contributed by atoms with E-state index in [1.807, 2.05) is 12.1 Å². The van der Waals surface area contributed by atoms with Crippen molar-refractivity contribution in [2.24, 2.45) is 5.92 Å². The minimum absolute atomic E-state index is 0.00282. The third kappa shape index (κ3) is 2.75. The molecule has 1 aliphatic carbocycles. The number of thioether (sulfide) groups is 1. The molecule has 0 radical (unpaired) electrons. The van der Waals surface area contributed by atoms with Crippen LogP contribution in [-0.4, -0.2) is 36.1 Å². The number of anilines is 1. The largest absolute Gasteiger partial charge is 0.497 e. The highest BCUT2D eigenvalue weighted by Gasteiger charge is 2.60. The predicted octanol–water partition coefficient (Wildman–Crippen LogP) is 3.91. The molecule has 1 atom stereocenters. The van der Waals surface area contributed by atoms with Crippen molar-refractivity contribution in [1.29, 1.82) is 0 Å². The van der Waals surface area contributed by atoms with Gasteiger partial charge < -0.3 is 14.5 Å². The molecule has 3 aliphatic rings. The van der Waals surface area contributed by atoms with E-state index in [1.165, 1.54) is 17.8 Å². The first kappa shape index (κ1) is 19.4. The summed E-state index contributed by atoms with van der Waals surface area (Å²) in [7, 11) is 1.58. The van der Waals surface area contributed by atoms with Gasteiger partial charge >= 0.3 is 0 Å². The number of ether oxygens (including phenoxy) is 1. The zero-order valence-electron chi connectivity index (χ0n) is 16.8. The van der Waals surface area contributed by atoms with Crippen LogP contribution in [0.2, 0.25) is 0 Å². The number of halogens is 1. The number of rotatable bonds is 4. The maximum atomic E-state index is 14.4. The van der Waals surface area contributed by atoms with Crippen LogP contribution in [0.25, 0.3) is 0 Å². The monoisotopic (exact) mass is 426 g/mol. The molecule has 5 nitrogen and oxygen atoms in total. The molecule has 2 aliphatic heterocycles. The Labute approximate surface area is 179 Å². The van der Waals surface area contributed by atoms with Crippen LogP contribution in [0.15, 0.2) is 42.5 Å². The second-order valence-corrected chi connectivity index (χ2v) is 9.26. The van der Waals surface area contributed by atoms with Gasteiger partial charge in [0.25, 0.3) is 5.91 Å². The molecule has 1 spiro atoms. The molecule has 2 aromatic carbocycles. The highest BCUT2D eigenvalue weighted by Crippen LogP contribution is 2.56. The van der Waals surface area contributed by atoms with E-state index in [1.54, 1.807) is 41.2 Å². The van der Waals surface area contributed by atoms with Crippen molar-refractivity contribution in [3.05, 3.63) is 59.4 Å². The Morgan fingerprint density at radius 1 is 1.27 bits per heavy atom. The van der Waals surface area contributed by atoms with Crippen molar-refractivity contribution in [2.45, 2.75) is 30.7 Å². The number of hydrogen-bond acceptors (Lipinski definition) is 4. The summed E-state index contributed by atoms with van der Waals surface area (Å²) in [6.45, 7) is 0.661. The van der Waals surface area contributed by atoms with E-state index in [4.69, 9.17) is 4.74 Å². The number of amides is 2. The van der Waals surface area contributed by atoms with Gasteiger partial charge in [-0.25, -0.2) is 4.39 Å². The number of fused-ring (bicyclic) bond motifs is 2. The number of carbonyl (C=O) groups is 2. The molecule has 1 saturated heterocycles. The van der Waals surface area contributed by atoms with Gasteiger partial charge in [-0.15, -0.1) is 11.8 Å². The Balaban J connectivity index is 1.61. The van der Waals surface area contributed by atoms with Crippen molar-refractivity contribution in [3.63, 3.8) is 0 Å². The highest BCUT2D eigenvalue weighted by atomic mass is 32.2. The summed E-state index contributed by atoms with van der Waals surface area (Å²) in [6, 6.07) is 12.0. The molecule has 2 aromatic rings. The second-order valence-electron chi connectivity index (χ2n) is 7.98. The topological polar surface area (TPSA) is 49.9 Å². The van der Waals surface area contributed by atoms with Crippen LogP contribution in [0, 0.1) is 11.7 Å². The quantitative estimate of drug-likeness (QED) is 0.744. The van der Waals surface area contributed by atoms with E-state index in [0.29, 0.717) is 29.3 Å². The van der Waals surface area contributed by atoms with Crippen LogP contribution in [0.3, 0.4) is 0 Å². The highest BCUT2D eigenvalue weighted by molar-refractivity contribution is 8.01. The normalized spacial score (nSPS) is 23.1. The van der Waals surface area contributed by atoms with E-state index in [2.05, 4.69) is 0 Å². The third-order valence-corrected chi connectivity index (χ3v) is 7.83. The lowest BCUT2D eigenvalue weighted by atomic mass is 9.84. The van der Waals surface area contributed by atoms with E-state index in [0.717, 1.165) is 24.8 Å². The smallest absolute Gasteiger partial charge is 0.268 e. The van der Waals surface area contributed by atoms with Gasteiger partial charge in [0.05, 0.1) is 19.3 Å². The summed E-state index contributed by atoms with van der Waals surface area (Å²) in [5.41, 5.74) is 1.92. The molecule has 0 unspecified atom stereocenters. The summed E-state index contributed by atoms with van der Waals surface area (Å²) in [5, 5.41) is 0. The average molecular weight is 427 g/mol. The number of nitrogens with zero attached hydrogens (tertiary/aromatic N) is 2. The van der Waals surface area contributed by atoms with Gasteiger partial charge in [0.2, 0.25) is 5.91 Å². The molecule has 2 fully saturated rings. The molecule has 0 N–H and O–H groups in total. The first-order valence-electron chi connectivity index (χ1n) is 10.3. The van der Waals surface area contributed by atoms with Gasteiger partial charge in [-0.2, -0.15) is 0 Å². The maximum Gasteiger partial charge on any atom is 0.268 e. The Hall–Kier alpha value is -2.54. The van der Waals surface area contributed by atoms with Crippen LogP contribution in [0.4, 0.5) is 10.1 Å². The fourth-order valence-electron chi connectivity index (χ4n) is 4.57. The lowest BCUT2D eigenvalue weighted by Gasteiger charge is -2.37. The van der Waals surface area contributed by atoms with E-state index in [9.17, 15) is 14.0 Å². The third-order valence-electron chi connectivity index (χ3n) is 6.41. The predicted molar refractivity (Wildman–Crippen MR) is 114 cm³/mol. The molecule has 30 heavy (non-hydrogen) atoms. The first-order valence-corrected chi connectivity index (χ1v) is 11.2. The average Bonchev–Trinajstić information content (AvgIpc) is 3.25. The molecular weight excluding hydrogens is 403 g/mol. The number of benzene rings is 2. The van der Waals surface area contributed by atoms with Crippen molar-refractivity contribution < 1.29 is 18.7 Å². The Morgan fingerprint density at radius 3 is 2.77 bits per heavy atom. The first-order chi connectivity index (χ1) is 14.6. The molecule has 1 saturated carbocycles. The molecule has 5 rings (SSSR count). The Morgan fingerprint density at radius 2 is 2.07 bits per heavy atom. The van der Waals surface area contributed by atoms with Gasteiger partial charge in [-0.05, 0) is 37.1 Å². The Bertz CT molecular complexity index is 1030. The van der Waals surface area contributed by atoms with Crippen LogP contribution in [-0.2, 0) is 21.0 Å². The molecule has 7 heteroatoms. The number of methoxy groups -OCH3 is 1. The summed E-state index contributed by atoms with van der Waals surface area (Å²) in [4.78, 5) is 29.5. The van der Waals surface area contributed by atoms with Gasteiger partial charge in [0.1, 0.15) is 11.6 Å². The summed E-state index contributed by atoms with van der Waals surface area (Å²) in [5.74, 6) is 0.863. The number of carbonyl (C=O) groups excluding carboxylic acids is 2. The molecule has 156 valence electrons. The fraction of sp³-hybridized carbons (Fsp3) is 0.391. The lowest BCUT2D eigenvalue weighted by Crippen LogP contribution is -2.52. The minimum atomic E-state index is -1.10. The lowest BCUT2D eigenvalue weighted by molar-refractivity contribution is -0.145. The van der Waals surface area contributed by atoms with Gasteiger partial charge in [0, 0.05) is 29.3 Å². The van der Waals surface area contributed by atoms with Crippen LogP contribution >= 0.6 is 11.8 Å². The number of hydrogen-bond donors (Lipinski definition) is 0. The van der Waals surface area contributed by atoms with Gasteiger partial charge in [-0.1, -0.05) is 24.6 Å². The zero-order valence-corrected chi connectivity index (χ0v) is 17.6. The van der Waals surface area contributed by atoms with Crippen molar-refractivity contribution in [2.75, 3.05) is 24.3 Å². The van der Waals surface area contributed by atoms with E-state index in [-0.39, 0.29) is 30.1 Å². The SMILES string of the molecule is COc1ccc2c(c1)[C@]1(SCCN1C(=O)C1CCC1)C(=O)N2Cc1ccccc1F. The second kappa shape index (κ2) is 7.30. The Kier molecular flexibility index (Phi) is 4.73. The van der Waals surface area contributed by atoms with Gasteiger partial charge in [-0.3, -0.25) is 9.59 Å². The summed E-state index contributed by atoms with van der Waals surface area (Å²) in [6.07, 6.45) is 2.82. The molecule has 2 amide bonds. The minimum Gasteiger partial charge on any atom is -0.497 e.